The molecule has 0 bridgehead atoms. The van der Waals surface area contributed by atoms with Gasteiger partial charge >= 0.3 is 6.09 Å². The van der Waals surface area contributed by atoms with Gasteiger partial charge in [-0.2, -0.15) is 0 Å². The third kappa shape index (κ3) is 9.27. The summed E-state index contributed by atoms with van der Waals surface area (Å²) in [5.74, 6) is 0. The largest absolute Gasteiger partial charge is 0.450 e. The zero-order valence-electron chi connectivity index (χ0n) is 7.55. The first-order chi connectivity index (χ1) is 5.77. The van der Waals surface area contributed by atoms with Crippen molar-refractivity contribution in [1.82, 2.24) is 0 Å². The summed E-state index contributed by atoms with van der Waals surface area (Å²) in [6.07, 6.45) is 5.97. The van der Waals surface area contributed by atoms with E-state index in [9.17, 15) is 4.79 Å². The Hall–Kier alpha value is -0.730. The van der Waals surface area contributed by atoms with Gasteiger partial charge in [0.25, 0.3) is 0 Å². The highest BCUT2D eigenvalue weighted by Gasteiger charge is 1.93. The Morgan fingerprint density at radius 1 is 1.17 bits per heavy atom. The minimum absolute atomic E-state index is 0.458. The number of carbonyl (C=O) groups is 1. The molecule has 0 unspecified atom stereocenters. The van der Waals surface area contributed by atoms with Gasteiger partial charge in [-0.15, -0.1) is 0 Å². The number of rotatable bonds is 7. The highest BCUT2D eigenvalue weighted by Crippen LogP contribution is 2.04. The number of hydrogen-bond donors (Lipinski definition) is 1. The molecule has 0 heterocycles. The van der Waals surface area contributed by atoms with E-state index < -0.39 is 6.09 Å². The average molecular weight is 172 g/mol. The highest BCUT2D eigenvalue weighted by atomic mass is 16.5. The molecule has 3 heteroatoms. The molecule has 0 rings (SSSR count). The third-order valence-corrected chi connectivity index (χ3v) is 1.64. The van der Waals surface area contributed by atoms with E-state index in [2.05, 4.69) is 11.7 Å². The third-order valence-electron chi connectivity index (χ3n) is 1.64. The molecule has 2 N–H and O–H groups in total. The first kappa shape index (κ1) is 11.3. The van der Waals surface area contributed by atoms with Crippen LogP contribution in [0.3, 0.4) is 0 Å². The fourth-order valence-electron chi connectivity index (χ4n) is 0.982. The van der Waals surface area contributed by atoms with Gasteiger partial charge in [0.05, 0.1) is 6.61 Å². The lowest BCUT2D eigenvalue weighted by Crippen LogP contribution is -2.13. The van der Waals surface area contributed by atoms with Gasteiger partial charge in [-0.05, 0) is 6.42 Å². The Labute approximate surface area is 74.3 Å². The van der Waals surface area contributed by atoms with E-state index in [-0.39, 0.29) is 0 Å². The molecule has 71 valence electrons. The fraction of sp³-hybridized carbons (Fsp3) is 0.778. The Bertz CT molecular complexity index is 115. The van der Waals surface area contributed by atoms with Crippen molar-refractivity contribution in [2.75, 3.05) is 6.61 Å². The van der Waals surface area contributed by atoms with Crippen LogP contribution < -0.4 is 5.73 Å². The molecule has 0 saturated carbocycles. The second-order valence-corrected chi connectivity index (χ2v) is 2.79. The van der Waals surface area contributed by atoms with Crippen molar-refractivity contribution in [1.29, 1.82) is 0 Å². The first-order valence-electron chi connectivity index (χ1n) is 4.49. The summed E-state index contributed by atoms with van der Waals surface area (Å²) < 4.78 is 4.57. The topological polar surface area (TPSA) is 52.3 Å². The van der Waals surface area contributed by atoms with Crippen molar-refractivity contribution in [2.45, 2.75) is 38.5 Å². The van der Waals surface area contributed by atoms with Gasteiger partial charge < -0.3 is 10.5 Å². The number of nitrogens with two attached hydrogens (primary N) is 1. The number of unbranched alkanes of at least 4 members (excludes halogenated alkanes) is 5. The molecule has 0 aromatic rings. The lowest BCUT2D eigenvalue weighted by molar-refractivity contribution is 0.154. The lowest BCUT2D eigenvalue weighted by Gasteiger charge is -2.00. The van der Waals surface area contributed by atoms with Crippen LogP contribution in [0.2, 0.25) is 0 Å². The van der Waals surface area contributed by atoms with Crippen molar-refractivity contribution in [2.24, 2.45) is 5.73 Å². The fourth-order valence-corrected chi connectivity index (χ4v) is 0.982. The van der Waals surface area contributed by atoms with Crippen LogP contribution in [0.25, 0.3) is 0 Å². The average Bonchev–Trinajstić information content (AvgIpc) is 2.02. The summed E-state index contributed by atoms with van der Waals surface area (Å²) in [4.78, 5) is 10.1. The standard InChI is InChI=1S/C9H18NO2/c1-2-3-4-5-6-7-8-12-9(10)11/h1-8H2,(H2,10,11). The van der Waals surface area contributed by atoms with Gasteiger partial charge in [0.2, 0.25) is 0 Å². The summed E-state index contributed by atoms with van der Waals surface area (Å²) in [7, 11) is 0. The maximum absolute atomic E-state index is 10.1. The van der Waals surface area contributed by atoms with Crippen molar-refractivity contribution < 1.29 is 9.53 Å². The normalized spacial score (nSPS) is 9.75. The van der Waals surface area contributed by atoms with Crippen LogP contribution in [0, 0.1) is 6.92 Å². The molecule has 0 atom stereocenters. The van der Waals surface area contributed by atoms with E-state index in [1.165, 1.54) is 19.3 Å². The molecule has 0 saturated heterocycles. The van der Waals surface area contributed by atoms with Crippen LogP contribution in [0.1, 0.15) is 38.5 Å². The second kappa shape index (κ2) is 8.37. The van der Waals surface area contributed by atoms with Gasteiger partial charge in [-0.1, -0.05) is 39.0 Å². The number of amides is 1. The molecule has 0 aliphatic heterocycles. The van der Waals surface area contributed by atoms with Crippen molar-refractivity contribution in [3.05, 3.63) is 6.92 Å². The number of carbonyl (C=O) groups excluding carboxylic acids is 1. The molecular formula is C9H18NO2. The van der Waals surface area contributed by atoms with E-state index in [1.807, 2.05) is 0 Å². The molecule has 0 spiro atoms. The summed E-state index contributed by atoms with van der Waals surface area (Å²) in [6.45, 7) is 4.22. The monoisotopic (exact) mass is 172 g/mol. The predicted octanol–water partition coefficient (Wildman–Crippen LogP) is 2.26. The number of ether oxygens (including phenoxy) is 1. The number of hydrogen-bond acceptors (Lipinski definition) is 2. The molecule has 0 aliphatic carbocycles. The summed E-state index contributed by atoms with van der Waals surface area (Å²) in [5.41, 5.74) is 4.79. The van der Waals surface area contributed by atoms with Crippen LogP contribution in [0.15, 0.2) is 0 Å². The second-order valence-electron chi connectivity index (χ2n) is 2.79. The quantitative estimate of drug-likeness (QED) is 0.599. The van der Waals surface area contributed by atoms with Gasteiger partial charge in [0, 0.05) is 0 Å². The minimum atomic E-state index is -0.673. The highest BCUT2D eigenvalue weighted by molar-refractivity contribution is 5.64. The van der Waals surface area contributed by atoms with Crippen LogP contribution >= 0.6 is 0 Å². The van der Waals surface area contributed by atoms with Gasteiger partial charge in [-0.25, -0.2) is 4.79 Å². The van der Waals surface area contributed by atoms with E-state index in [1.54, 1.807) is 0 Å². The SMILES string of the molecule is [CH2]CCCCCCCOC(N)=O. The summed E-state index contributed by atoms with van der Waals surface area (Å²) >= 11 is 0. The molecular weight excluding hydrogens is 154 g/mol. The number of primary amides is 1. The first-order valence-corrected chi connectivity index (χ1v) is 4.49. The molecule has 12 heavy (non-hydrogen) atoms. The lowest BCUT2D eigenvalue weighted by atomic mass is 10.1. The van der Waals surface area contributed by atoms with Crippen LogP contribution in [0.4, 0.5) is 4.79 Å². The zero-order chi connectivity index (χ0) is 9.23. The molecule has 1 amide bonds. The Kier molecular flexibility index (Phi) is 7.86. The maximum atomic E-state index is 10.1. The van der Waals surface area contributed by atoms with E-state index in [0.29, 0.717) is 6.61 Å². The van der Waals surface area contributed by atoms with E-state index in [0.717, 1.165) is 19.3 Å². The van der Waals surface area contributed by atoms with Crippen LogP contribution in [-0.2, 0) is 4.74 Å². The smallest absolute Gasteiger partial charge is 0.404 e. The van der Waals surface area contributed by atoms with Gasteiger partial charge in [-0.3, -0.25) is 0 Å². The van der Waals surface area contributed by atoms with Crippen LogP contribution in [0.5, 0.6) is 0 Å². The van der Waals surface area contributed by atoms with Crippen molar-refractivity contribution in [3.63, 3.8) is 0 Å². The van der Waals surface area contributed by atoms with Crippen molar-refractivity contribution in [3.8, 4) is 0 Å². The van der Waals surface area contributed by atoms with Crippen molar-refractivity contribution >= 4 is 6.09 Å². The Morgan fingerprint density at radius 3 is 2.33 bits per heavy atom. The Balaban J connectivity index is 2.86. The zero-order valence-corrected chi connectivity index (χ0v) is 7.55. The molecule has 3 nitrogen and oxygen atoms in total. The van der Waals surface area contributed by atoms with E-state index >= 15 is 0 Å². The molecule has 1 radical (unpaired) electrons. The summed E-state index contributed by atoms with van der Waals surface area (Å²) in [5, 5.41) is 0. The summed E-state index contributed by atoms with van der Waals surface area (Å²) in [6, 6.07) is 0. The van der Waals surface area contributed by atoms with Crippen LogP contribution in [-0.4, -0.2) is 12.7 Å². The molecule has 0 aliphatic rings. The molecule has 0 aromatic carbocycles. The maximum Gasteiger partial charge on any atom is 0.404 e. The van der Waals surface area contributed by atoms with Gasteiger partial charge in [0.15, 0.2) is 0 Å². The molecule has 0 aromatic heterocycles. The predicted molar refractivity (Wildman–Crippen MR) is 48.6 cm³/mol. The van der Waals surface area contributed by atoms with E-state index in [4.69, 9.17) is 5.73 Å². The Morgan fingerprint density at radius 2 is 1.75 bits per heavy atom. The van der Waals surface area contributed by atoms with Gasteiger partial charge in [0.1, 0.15) is 0 Å². The minimum Gasteiger partial charge on any atom is -0.450 e. The molecule has 0 fully saturated rings.